The predicted octanol–water partition coefficient (Wildman–Crippen LogP) is 6.59. The molecule has 0 spiro atoms. The number of benzene rings is 2. The average molecular weight is 486 g/mol. The number of ether oxygens (including phenoxy) is 2. The Balaban J connectivity index is 1.29. The molecule has 2 aromatic heterocycles. The Morgan fingerprint density at radius 3 is 2.66 bits per heavy atom. The first kappa shape index (κ1) is 23.1. The lowest BCUT2D eigenvalue weighted by molar-refractivity contribution is -0.117. The van der Waals surface area contributed by atoms with Gasteiger partial charge >= 0.3 is 0 Å². The summed E-state index contributed by atoms with van der Waals surface area (Å²) in [5.41, 5.74) is 4.28. The number of nitrogens with zero attached hydrogens (tertiary/aromatic N) is 2. The Hall–Kier alpha value is -3.71. The van der Waals surface area contributed by atoms with Crippen LogP contribution >= 0.6 is 11.3 Å². The molecule has 1 N–H and O–H groups in total. The van der Waals surface area contributed by atoms with Crippen molar-refractivity contribution in [2.24, 2.45) is 5.92 Å². The molecule has 2 heterocycles. The van der Waals surface area contributed by atoms with Gasteiger partial charge in [0.25, 0.3) is 0 Å². The van der Waals surface area contributed by atoms with E-state index in [0.717, 1.165) is 45.9 Å². The number of aromatic nitrogens is 2. The number of amides is 1. The van der Waals surface area contributed by atoms with Crippen LogP contribution in [0.15, 0.2) is 72.4 Å². The van der Waals surface area contributed by atoms with Crippen molar-refractivity contribution in [1.82, 2.24) is 9.97 Å². The predicted molar refractivity (Wildman–Crippen MR) is 139 cm³/mol. The van der Waals surface area contributed by atoms with Gasteiger partial charge in [0.15, 0.2) is 11.5 Å². The fourth-order valence-electron chi connectivity index (χ4n) is 4.01. The van der Waals surface area contributed by atoms with Crippen molar-refractivity contribution in [1.29, 1.82) is 0 Å². The van der Waals surface area contributed by atoms with E-state index in [-0.39, 0.29) is 5.91 Å². The number of carbonyl (C=O) groups excluding carboxylic acids is 1. The maximum absolute atomic E-state index is 12.3. The number of thiophene rings is 1. The van der Waals surface area contributed by atoms with Crippen molar-refractivity contribution >= 4 is 22.9 Å². The number of carbonyl (C=O) groups is 1. The minimum Gasteiger partial charge on any atom is -0.493 e. The van der Waals surface area contributed by atoms with Crippen LogP contribution in [0.3, 0.4) is 0 Å². The molecular formula is C28H27N3O3S. The zero-order valence-electron chi connectivity index (χ0n) is 19.6. The SMILES string of the molecule is COc1cc(-c2cncc(-c3cc(NC(=O)CC4CCC4)cs3)n2)ccc1OCc1ccccc1. The molecule has 1 aliphatic rings. The molecule has 0 atom stereocenters. The molecule has 6 nitrogen and oxygen atoms in total. The van der Waals surface area contributed by atoms with Gasteiger partial charge in [-0.05, 0) is 48.6 Å². The molecule has 35 heavy (non-hydrogen) atoms. The molecule has 0 saturated heterocycles. The van der Waals surface area contributed by atoms with Crippen LogP contribution in [0.2, 0.25) is 0 Å². The van der Waals surface area contributed by atoms with E-state index < -0.39 is 0 Å². The highest BCUT2D eigenvalue weighted by Gasteiger charge is 2.21. The highest BCUT2D eigenvalue weighted by molar-refractivity contribution is 7.14. The molecule has 2 aromatic carbocycles. The first-order valence-electron chi connectivity index (χ1n) is 11.7. The Morgan fingerprint density at radius 2 is 1.89 bits per heavy atom. The van der Waals surface area contributed by atoms with E-state index in [1.54, 1.807) is 19.5 Å². The highest BCUT2D eigenvalue weighted by atomic mass is 32.1. The smallest absolute Gasteiger partial charge is 0.224 e. The normalized spacial score (nSPS) is 13.2. The van der Waals surface area contributed by atoms with Crippen LogP contribution in [0, 0.1) is 5.92 Å². The highest BCUT2D eigenvalue weighted by Crippen LogP contribution is 2.34. The summed E-state index contributed by atoms with van der Waals surface area (Å²) in [4.78, 5) is 22.4. The quantitative estimate of drug-likeness (QED) is 0.290. The van der Waals surface area contributed by atoms with Crippen LogP contribution in [0.4, 0.5) is 5.69 Å². The van der Waals surface area contributed by atoms with E-state index in [9.17, 15) is 4.79 Å². The number of anilines is 1. The van der Waals surface area contributed by atoms with E-state index in [1.807, 2.05) is 60.0 Å². The van der Waals surface area contributed by atoms with Crippen molar-refractivity contribution in [3.63, 3.8) is 0 Å². The zero-order valence-corrected chi connectivity index (χ0v) is 20.4. The van der Waals surface area contributed by atoms with Crippen molar-refractivity contribution in [2.75, 3.05) is 12.4 Å². The molecular weight excluding hydrogens is 458 g/mol. The third-order valence-electron chi connectivity index (χ3n) is 6.17. The number of nitrogens with one attached hydrogen (secondary N) is 1. The van der Waals surface area contributed by atoms with Crippen LogP contribution in [-0.2, 0) is 11.4 Å². The molecule has 1 saturated carbocycles. The monoisotopic (exact) mass is 485 g/mol. The largest absolute Gasteiger partial charge is 0.493 e. The molecule has 7 heteroatoms. The summed E-state index contributed by atoms with van der Waals surface area (Å²) >= 11 is 1.54. The van der Waals surface area contributed by atoms with Gasteiger partial charge in [0.1, 0.15) is 6.61 Å². The van der Waals surface area contributed by atoms with Gasteiger partial charge in [-0.25, -0.2) is 4.98 Å². The van der Waals surface area contributed by atoms with Crippen LogP contribution in [0.5, 0.6) is 11.5 Å². The summed E-state index contributed by atoms with van der Waals surface area (Å²) in [6.45, 7) is 0.462. The first-order valence-corrected chi connectivity index (χ1v) is 12.6. The maximum Gasteiger partial charge on any atom is 0.224 e. The Morgan fingerprint density at radius 1 is 1.06 bits per heavy atom. The van der Waals surface area contributed by atoms with E-state index in [2.05, 4.69) is 10.3 Å². The van der Waals surface area contributed by atoms with Gasteiger partial charge in [-0.1, -0.05) is 36.8 Å². The lowest BCUT2D eigenvalue weighted by atomic mass is 9.83. The van der Waals surface area contributed by atoms with Crippen LogP contribution < -0.4 is 14.8 Å². The number of hydrogen-bond acceptors (Lipinski definition) is 6. The Kier molecular flexibility index (Phi) is 7.04. The standard InChI is InChI=1S/C28H27N3O3S/c1-33-26-13-21(10-11-25(26)34-17-20-6-3-2-4-7-20)23-15-29-16-24(31-23)27-14-22(18-35-27)30-28(32)12-19-8-5-9-19/h2-4,6-7,10-11,13-16,18-19H,5,8-9,12,17H2,1H3,(H,30,32). The van der Waals surface area contributed by atoms with Crippen LogP contribution in [-0.4, -0.2) is 23.0 Å². The number of rotatable bonds is 9. The zero-order chi connectivity index (χ0) is 24.0. The molecule has 0 aliphatic heterocycles. The average Bonchev–Trinajstić information content (AvgIpc) is 3.34. The minimum absolute atomic E-state index is 0.0838. The molecule has 0 radical (unpaired) electrons. The molecule has 4 aromatic rings. The summed E-state index contributed by atoms with van der Waals surface area (Å²) in [5, 5.41) is 4.96. The Bertz CT molecular complexity index is 1300. The van der Waals surface area contributed by atoms with Gasteiger partial charge in [0.05, 0.1) is 41.5 Å². The van der Waals surface area contributed by atoms with Crippen molar-refractivity contribution in [3.05, 3.63) is 77.9 Å². The van der Waals surface area contributed by atoms with Crippen LogP contribution in [0.1, 0.15) is 31.2 Å². The van der Waals surface area contributed by atoms with E-state index in [1.165, 1.54) is 17.8 Å². The van der Waals surface area contributed by atoms with Gasteiger partial charge in [-0.15, -0.1) is 11.3 Å². The van der Waals surface area contributed by atoms with Crippen molar-refractivity contribution in [2.45, 2.75) is 32.3 Å². The molecule has 178 valence electrons. The number of methoxy groups -OCH3 is 1. The molecule has 1 aliphatic carbocycles. The molecule has 0 bridgehead atoms. The maximum atomic E-state index is 12.3. The second-order valence-electron chi connectivity index (χ2n) is 8.68. The fraction of sp³-hybridized carbons (Fsp3) is 0.250. The third-order valence-corrected chi connectivity index (χ3v) is 7.12. The summed E-state index contributed by atoms with van der Waals surface area (Å²) in [5.74, 6) is 1.94. The summed E-state index contributed by atoms with van der Waals surface area (Å²) < 4.78 is 11.6. The van der Waals surface area contributed by atoms with Crippen LogP contribution in [0.25, 0.3) is 21.8 Å². The van der Waals surface area contributed by atoms with Gasteiger partial charge in [0.2, 0.25) is 5.91 Å². The van der Waals surface area contributed by atoms with Gasteiger partial charge < -0.3 is 14.8 Å². The lowest BCUT2D eigenvalue weighted by Crippen LogP contribution is -2.20. The fourth-order valence-corrected chi connectivity index (χ4v) is 4.81. The van der Waals surface area contributed by atoms with Gasteiger partial charge in [-0.3, -0.25) is 9.78 Å². The molecule has 0 unspecified atom stereocenters. The lowest BCUT2D eigenvalue weighted by Gasteiger charge is -2.24. The molecule has 1 fully saturated rings. The second kappa shape index (κ2) is 10.7. The molecule has 5 rings (SSSR count). The minimum atomic E-state index is 0.0838. The van der Waals surface area contributed by atoms with Crippen molar-refractivity contribution in [3.8, 4) is 33.3 Å². The Labute approximate surface area is 209 Å². The topological polar surface area (TPSA) is 73.3 Å². The third kappa shape index (κ3) is 5.69. The summed E-state index contributed by atoms with van der Waals surface area (Å²) in [7, 11) is 1.63. The summed E-state index contributed by atoms with van der Waals surface area (Å²) in [6, 6.07) is 17.7. The number of hydrogen-bond donors (Lipinski definition) is 1. The van der Waals surface area contributed by atoms with Crippen molar-refractivity contribution < 1.29 is 14.3 Å². The van der Waals surface area contributed by atoms with Gasteiger partial charge in [-0.2, -0.15) is 0 Å². The summed E-state index contributed by atoms with van der Waals surface area (Å²) in [6.07, 6.45) is 7.64. The van der Waals surface area contributed by atoms with Gasteiger partial charge in [0, 0.05) is 17.4 Å². The molecule has 1 amide bonds. The first-order chi connectivity index (χ1) is 17.2. The second-order valence-corrected chi connectivity index (χ2v) is 9.59. The van der Waals surface area contributed by atoms with E-state index in [0.29, 0.717) is 30.4 Å². The van der Waals surface area contributed by atoms with E-state index in [4.69, 9.17) is 14.5 Å². The van der Waals surface area contributed by atoms with E-state index >= 15 is 0 Å².